The van der Waals surface area contributed by atoms with Crippen molar-refractivity contribution in [2.75, 3.05) is 18.5 Å². The number of aryl methyl sites for hydroxylation is 2. The average molecular weight is 377 g/mol. The van der Waals surface area contributed by atoms with Gasteiger partial charge in [-0.25, -0.2) is 0 Å². The van der Waals surface area contributed by atoms with E-state index in [1.54, 1.807) is 13.1 Å². The highest BCUT2D eigenvalue weighted by molar-refractivity contribution is 5.91. The molecule has 0 fully saturated rings. The molecule has 2 aromatic heterocycles. The van der Waals surface area contributed by atoms with Crippen molar-refractivity contribution in [1.82, 2.24) is 30.3 Å². The van der Waals surface area contributed by atoms with Gasteiger partial charge in [0.2, 0.25) is 0 Å². The summed E-state index contributed by atoms with van der Waals surface area (Å²) >= 11 is 0. The summed E-state index contributed by atoms with van der Waals surface area (Å²) in [6.45, 7) is 3.57. The fourth-order valence-corrected chi connectivity index (χ4v) is 3.60. The Labute approximate surface area is 163 Å². The minimum absolute atomic E-state index is 0.227. The topological polar surface area (TPSA) is 88.8 Å². The molecule has 8 nitrogen and oxygen atoms in total. The van der Waals surface area contributed by atoms with Crippen LogP contribution < -0.4 is 10.2 Å². The zero-order chi connectivity index (χ0) is 19.5. The first kappa shape index (κ1) is 18.1. The lowest BCUT2D eigenvalue weighted by molar-refractivity contribution is 0.0957. The molecule has 0 spiro atoms. The van der Waals surface area contributed by atoms with Gasteiger partial charge in [-0.3, -0.25) is 4.79 Å². The second-order valence-corrected chi connectivity index (χ2v) is 6.97. The van der Waals surface area contributed by atoms with E-state index < -0.39 is 0 Å². The number of fused-ring (bicyclic) bond motifs is 1. The van der Waals surface area contributed by atoms with Gasteiger partial charge in [0.1, 0.15) is 5.82 Å². The van der Waals surface area contributed by atoms with Gasteiger partial charge in [0.25, 0.3) is 5.91 Å². The summed E-state index contributed by atoms with van der Waals surface area (Å²) < 4.78 is 2.24. The third kappa shape index (κ3) is 3.58. The molecule has 0 radical (unpaired) electrons. The maximum Gasteiger partial charge on any atom is 0.271 e. The zero-order valence-electron chi connectivity index (χ0n) is 16.0. The SMILES string of the molecule is CNC(=O)c1ccc(N2Cc3nnc(CCc4ccccc4)n3[C@@H](C)C2)nn1. The molecular weight excluding hydrogens is 354 g/mol. The molecule has 4 rings (SSSR count). The summed E-state index contributed by atoms with van der Waals surface area (Å²) in [6.07, 6.45) is 1.81. The highest BCUT2D eigenvalue weighted by atomic mass is 16.1. The van der Waals surface area contributed by atoms with E-state index in [-0.39, 0.29) is 11.9 Å². The van der Waals surface area contributed by atoms with Gasteiger partial charge >= 0.3 is 0 Å². The first-order chi connectivity index (χ1) is 13.7. The Hall–Kier alpha value is -3.29. The van der Waals surface area contributed by atoms with Crippen LogP contribution in [0.5, 0.6) is 0 Å². The molecule has 1 N–H and O–H groups in total. The fourth-order valence-electron chi connectivity index (χ4n) is 3.60. The summed E-state index contributed by atoms with van der Waals surface area (Å²) in [5, 5.41) is 19.6. The molecule has 0 bridgehead atoms. The van der Waals surface area contributed by atoms with Gasteiger partial charge in [0.15, 0.2) is 17.3 Å². The molecule has 1 aliphatic heterocycles. The molecule has 1 atom stereocenters. The molecule has 0 saturated carbocycles. The Morgan fingerprint density at radius 3 is 2.61 bits per heavy atom. The van der Waals surface area contributed by atoms with Crippen molar-refractivity contribution in [3.8, 4) is 0 Å². The van der Waals surface area contributed by atoms with Crippen molar-refractivity contribution in [3.05, 3.63) is 65.4 Å². The smallest absolute Gasteiger partial charge is 0.271 e. The van der Waals surface area contributed by atoms with Crippen LogP contribution in [0, 0.1) is 0 Å². The van der Waals surface area contributed by atoms with Crippen LogP contribution in [0.25, 0.3) is 0 Å². The monoisotopic (exact) mass is 377 g/mol. The number of carbonyl (C=O) groups excluding carboxylic acids is 1. The highest BCUT2D eigenvalue weighted by Crippen LogP contribution is 2.25. The molecule has 1 aromatic carbocycles. The van der Waals surface area contributed by atoms with E-state index >= 15 is 0 Å². The Morgan fingerprint density at radius 1 is 1.07 bits per heavy atom. The molecular formula is C20H23N7O. The van der Waals surface area contributed by atoms with E-state index in [0.717, 1.165) is 36.9 Å². The number of hydrogen-bond acceptors (Lipinski definition) is 6. The first-order valence-electron chi connectivity index (χ1n) is 9.43. The summed E-state index contributed by atoms with van der Waals surface area (Å²) in [6, 6.07) is 14.2. The number of nitrogens with zero attached hydrogens (tertiary/aromatic N) is 6. The third-order valence-electron chi connectivity index (χ3n) is 5.01. The van der Waals surface area contributed by atoms with E-state index in [1.807, 2.05) is 12.1 Å². The Kier molecular flexibility index (Phi) is 5.01. The van der Waals surface area contributed by atoms with Crippen LogP contribution in [0.2, 0.25) is 0 Å². The normalized spacial score (nSPS) is 15.9. The van der Waals surface area contributed by atoms with Gasteiger partial charge in [0.05, 0.1) is 12.6 Å². The van der Waals surface area contributed by atoms with Gasteiger partial charge in [-0.15, -0.1) is 20.4 Å². The van der Waals surface area contributed by atoms with Gasteiger partial charge in [0, 0.05) is 20.0 Å². The molecule has 3 aromatic rings. The number of amides is 1. The minimum atomic E-state index is -0.242. The van der Waals surface area contributed by atoms with E-state index in [1.165, 1.54) is 5.56 Å². The van der Waals surface area contributed by atoms with E-state index in [4.69, 9.17) is 0 Å². The molecule has 3 heterocycles. The fraction of sp³-hybridized carbons (Fsp3) is 0.350. The molecule has 0 unspecified atom stereocenters. The van der Waals surface area contributed by atoms with E-state index in [9.17, 15) is 4.79 Å². The maximum atomic E-state index is 11.6. The molecule has 28 heavy (non-hydrogen) atoms. The second kappa shape index (κ2) is 7.75. The summed E-state index contributed by atoms with van der Waals surface area (Å²) in [5.74, 6) is 2.44. The molecule has 1 aliphatic rings. The average Bonchev–Trinajstić information content (AvgIpc) is 3.16. The van der Waals surface area contributed by atoms with Crippen molar-refractivity contribution in [2.24, 2.45) is 0 Å². The van der Waals surface area contributed by atoms with Crippen molar-refractivity contribution in [1.29, 1.82) is 0 Å². The largest absolute Gasteiger partial charge is 0.354 e. The number of carbonyl (C=O) groups is 1. The van der Waals surface area contributed by atoms with Crippen LogP contribution in [0.1, 0.15) is 40.7 Å². The number of benzene rings is 1. The predicted molar refractivity (Wildman–Crippen MR) is 105 cm³/mol. The number of nitrogens with one attached hydrogen (secondary N) is 1. The molecule has 8 heteroatoms. The lowest BCUT2D eigenvalue weighted by Crippen LogP contribution is -2.37. The highest BCUT2D eigenvalue weighted by Gasteiger charge is 2.27. The van der Waals surface area contributed by atoms with Gasteiger partial charge in [-0.1, -0.05) is 30.3 Å². The quantitative estimate of drug-likeness (QED) is 0.729. The van der Waals surface area contributed by atoms with Crippen LogP contribution >= 0.6 is 0 Å². The first-order valence-corrected chi connectivity index (χ1v) is 9.43. The standard InChI is InChI=1S/C20H23N7O/c1-14-12-26(17-11-9-16(22-23-17)20(28)21-2)13-19-25-24-18(27(14)19)10-8-15-6-4-3-5-7-15/h3-7,9,11,14H,8,10,12-13H2,1-2H3,(H,21,28)/t14-/m0/s1. The molecule has 1 amide bonds. The summed E-state index contributed by atoms with van der Waals surface area (Å²) in [7, 11) is 1.58. The lowest BCUT2D eigenvalue weighted by atomic mass is 10.1. The number of aromatic nitrogens is 5. The van der Waals surface area contributed by atoms with Crippen molar-refractivity contribution >= 4 is 11.7 Å². The Balaban J connectivity index is 1.48. The van der Waals surface area contributed by atoms with Gasteiger partial charge in [-0.05, 0) is 31.0 Å². The summed E-state index contributed by atoms with van der Waals surface area (Å²) in [5.41, 5.74) is 1.61. The van der Waals surface area contributed by atoms with Crippen molar-refractivity contribution in [3.63, 3.8) is 0 Å². The van der Waals surface area contributed by atoms with Crippen molar-refractivity contribution < 1.29 is 4.79 Å². The number of rotatable bonds is 5. The van der Waals surface area contributed by atoms with Gasteiger partial charge < -0.3 is 14.8 Å². The lowest BCUT2D eigenvalue weighted by Gasteiger charge is -2.33. The number of hydrogen-bond donors (Lipinski definition) is 1. The number of anilines is 1. The molecule has 0 aliphatic carbocycles. The molecule has 0 saturated heterocycles. The van der Waals surface area contributed by atoms with Crippen LogP contribution in [0.3, 0.4) is 0 Å². The maximum absolute atomic E-state index is 11.6. The third-order valence-corrected chi connectivity index (χ3v) is 5.01. The Bertz CT molecular complexity index is 952. The zero-order valence-corrected chi connectivity index (χ0v) is 16.0. The molecule has 144 valence electrons. The van der Waals surface area contributed by atoms with Crippen LogP contribution in [0.4, 0.5) is 5.82 Å². The van der Waals surface area contributed by atoms with Crippen LogP contribution in [-0.2, 0) is 19.4 Å². The van der Waals surface area contributed by atoms with E-state index in [0.29, 0.717) is 12.2 Å². The van der Waals surface area contributed by atoms with Gasteiger partial charge in [-0.2, -0.15) is 0 Å². The van der Waals surface area contributed by atoms with Crippen LogP contribution in [-0.4, -0.2) is 44.5 Å². The van der Waals surface area contributed by atoms with E-state index in [2.05, 4.69) is 66.4 Å². The van der Waals surface area contributed by atoms with Crippen LogP contribution in [0.15, 0.2) is 42.5 Å². The minimum Gasteiger partial charge on any atom is -0.354 e. The predicted octanol–water partition coefficient (Wildman–Crippen LogP) is 1.79. The summed E-state index contributed by atoms with van der Waals surface area (Å²) in [4.78, 5) is 13.8. The second-order valence-electron chi connectivity index (χ2n) is 6.97. The van der Waals surface area contributed by atoms with Crippen molar-refractivity contribution in [2.45, 2.75) is 32.4 Å². The Morgan fingerprint density at radius 2 is 1.89 bits per heavy atom.